The van der Waals surface area contributed by atoms with E-state index in [0.29, 0.717) is 12.2 Å². The number of carbonyl (C=O) groups excluding carboxylic acids is 1. The first-order valence-electron chi connectivity index (χ1n) is 5.32. The first kappa shape index (κ1) is 10.7. The van der Waals surface area contributed by atoms with Crippen molar-refractivity contribution in [1.29, 1.82) is 0 Å². The van der Waals surface area contributed by atoms with Crippen LogP contribution in [0.2, 0.25) is 0 Å². The van der Waals surface area contributed by atoms with E-state index in [1.165, 1.54) is 6.42 Å². The molecule has 0 heterocycles. The number of ketones is 1. The second-order valence-corrected chi connectivity index (χ2v) is 4.44. The average Bonchev–Trinajstić information content (AvgIpc) is 2.08. The molecule has 1 aliphatic carbocycles. The van der Waals surface area contributed by atoms with Crippen molar-refractivity contribution in [2.24, 2.45) is 11.8 Å². The summed E-state index contributed by atoms with van der Waals surface area (Å²) in [7, 11) is 0. The molecule has 0 saturated heterocycles. The number of aliphatic hydroxyl groups is 1. The Kier molecular flexibility index (Phi) is 3.91. The minimum Gasteiger partial charge on any atom is -0.393 e. The van der Waals surface area contributed by atoms with Gasteiger partial charge in [0.2, 0.25) is 0 Å². The molecule has 76 valence electrons. The molecule has 2 nitrogen and oxygen atoms in total. The van der Waals surface area contributed by atoms with Gasteiger partial charge in [-0.1, -0.05) is 26.7 Å². The molecular weight excluding hydrogens is 164 g/mol. The van der Waals surface area contributed by atoms with Gasteiger partial charge in [0.15, 0.2) is 0 Å². The second kappa shape index (κ2) is 4.75. The molecule has 0 aromatic carbocycles. The van der Waals surface area contributed by atoms with Crippen molar-refractivity contribution in [1.82, 2.24) is 0 Å². The third kappa shape index (κ3) is 3.11. The minimum atomic E-state index is -0.226. The maximum absolute atomic E-state index is 11.4. The Morgan fingerprint density at radius 2 is 2.00 bits per heavy atom. The van der Waals surface area contributed by atoms with E-state index in [1.807, 2.05) is 13.8 Å². The first-order chi connectivity index (χ1) is 6.11. The highest BCUT2D eigenvalue weighted by Gasteiger charge is 2.25. The molecule has 0 amide bonds. The monoisotopic (exact) mass is 184 g/mol. The minimum absolute atomic E-state index is 0.120. The maximum Gasteiger partial charge on any atom is 0.135 e. The van der Waals surface area contributed by atoms with E-state index in [-0.39, 0.29) is 17.9 Å². The van der Waals surface area contributed by atoms with Gasteiger partial charge in [0.05, 0.1) is 6.10 Å². The molecule has 1 N–H and O–H groups in total. The van der Waals surface area contributed by atoms with Gasteiger partial charge in [-0.3, -0.25) is 4.79 Å². The zero-order valence-electron chi connectivity index (χ0n) is 8.62. The summed E-state index contributed by atoms with van der Waals surface area (Å²) in [4.78, 5) is 11.4. The Morgan fingerprint density at radius 1 is 1.38 bits per heavy atom. The summed E-state index contributed by atoms with van der Waals surface area (Å²) >= 11 is 0. The van der Waals surface area contributed by atoms with E-state index in [0.717, 1.165) is 19.3 Å². The summed E-state index contributed by atoms with van der Waals surface area (Å²) in [5.41, 5.74) is 0. The molecule has 1 saturated carbocycles. The molecule has 2 atom stereocenters. The van der Waals surface area contributed by atoms with E-state index in [1.54, 1.807) is 0 Å². The SMILES string of the molecule is CC(C)C(=O)CC1CCCCC1O. The molecule has 1 fully saturated rings. The lowest BCUT2D eigenvalue weighted by atomic mass is 9.82. The standard InChI is InChI=1S/C11H20O2/c1-8(2)11(13)7-9-5-3-4-6-10(9)12/h8-10,12H,3-7H2,1-2H3. The largest absolute Gasteiger partial charge is 0.393 e. The normalized spacial score (nSPS) is 29.2. The fourth-order valence-corrected chi connectivity index (χ4v) is 1.92. The Bertz CT molecular complexity index is 175. The van der Waals surface area contributed by atoms with Crippen molar-refractivity contribution in [2.75, 3.05) is 0 Å². The molecule has 0 bridgehead atoms. The Balaban J connectivity index is 2.38. The van der Waals surface area contributed by atoms with Crippen LogP contribution in [0.1, 0.15) is 46.0 Å². The fourth-order valence-electron chi connectivity index (χ4n) is 1.92. The van der Waals surface area contributed by atoms with E-state index in [9.17, 15) is 9.90 Å². The van der Waals surface area contributed by atoms with E-state index < -0.39 is 0 Å². The molecule has 0 aromatic rings. The summed E-state index contributed by atoms with van der Waals surface area (Å²) < 4.78 is 0. The Hall–Kier alpha value is -0.370. The molecule has 0 aromatic heterocycles. The van der Waals surface area contributed by atoms with Crippen LogP contribution in [0.5, 0.6) is 0 Å². The van der Waals surface area contributed by atoms with E-state index >= 15 is 0 Å². The van der Waals surface area contributed by atoms with Crippen molar-refractivity contribution in [3.05, 3.63) is 0 Å². The van der Waals surface area contributed by atoms with Gasteiger partial charge in [-0.25, -0.2) is 0 Å². The van der Waals surface area contributed by atoms with Crippen molar-refractivity contribution >= 4 is 5.78 Å². The molecule has 2 heteroatoms. The van der Waals surface area contributed by atoms with Crippen LogP contribution >= 0.6 is 0 Å². The lowest BCUT2D eigenvalue weighted by Crippen LogP contribution is -2.27. The van der Waals surface area contributed by atoms with Crippen LogP contribution in [0, 0.1) is 11.8 Å². The fraction of sp³-hybridized carbons (Fsp3) is 0.909. The van der Waals surface area contributed by atoms with Gasteiger partial charge in [-0.15, -0.1) is 0 Å². The van der Waals surface area contributed by atoms with Crippen LogP contribution in [0.3, 0.4) is 0 Å². The zero-order chi connectivity index (χ0) is 9.84. The van der Waals surface area contributed by atoms with Crippen molar-refractivity contribution < 1.29 is 9.90 Å². The van der Waals surface area contributed by atoms with E-state index in [2.05, 4.69) is 0 Å². The predicted octanol–water partition coefficient (Wildman–Crippen LogP) is 2.15. The molecule has 1 aliphatic rings. The van der Waals surface area contributed by atoms with Gasteiger partial charge in [0.1, 0.15) is 5.78 Å². The van der Waals surface area contributed by atoms with Crippen molar-refractivity contribution in [2.45, 2.75) is 52.1 Å². The molecule has 1 rings (SSSR count). The highest BCUT2D eigenvalue weighted by molar-refractivity contribution is 5.80. The number of carbonyl (C=O) groups is 1. The molecule has 0 spiro atoms. The number of rotatable bonds is 3. The van der Waals surface area contributed by atoms with Gasteiger partial charge < -0.3 is 5.11 Å². The predicted molar refractivity (Wildman–Crippen MR) is 52.4 cm³/mol. The summed E-state index contributed by atoms with van der Waals surface area (Å²) in [6.45, 7) is 3.86. The lowest BCUT2D eigenvalue weighted by Gasteiger charge is -2.27. The van der Waals surface area contributed by atoms with Crippen molar-refractivity contribution in [3.8, 4) is 0 Å². The summed E-state index contributed by atoms with van der Waals surface area (Å²) in [6, 6.07) is 0. The van der Waals surface area contributed by atoms with Crippen LogP contribution in [-0.4, -0.2) is 17.0 Å². The molecule has 13 heavy (non-hydrogen) atoms. The summed E-state index contributed by atoms with van der Waals surface area (Å²) in [5.74, 6) is 0.656. The lowest BCUT2D eigenvalue weighted by molar-refractivity contribution is -0.124. The van der Waals surface area contributed by atoms with Crippen LogP contribution in [-0.2, 0) is 4.79 Å². The number of aliphatic hydroxyl groups excluding tert-OH is 1. The number of hydrogen-bond donors (Lipinski definition) is 1. The number of Topliss-reactive ketones (excluding diaryl/α,β-unsaturated/α-hetero) is 1. The van der Waals surface area contributed by atoms with Gasteiger partial charge in [0, 0.05) is 12.3 Å². The third-order valence-electron chi connectivity index (χ3n) is 2.98. The zero-order valence-corrected chi connectivity index (χ0v) is 8.62. The van der Waals surface area contributed by atoms with Gasteiger partial charge >= 0.3 is 0 Å². The molecule has 0 aliphatic heterocycles. The number of hydrogen-bond acceptors (Lipinski definition) is 2. The first-order valence-corrected chi connectivity index (χ1v) is 5.32. The maximum atomic E-state index is 11.4. The summed E-state index contributed by atoms with van der Waals surface area (Å²) in [5, 5.41) is 9.65. The van der Waals surface area contributed by atoms with Gasteiger partial charge in [-0.05, 0) is 18.8 Å². The van der Waals surface area contributed by atoms with E-state index in [4.69, 9.17) is 0 Å². The van der Waals surface area contributed by atoms with Crippen LogP contribution in [0.25, 0.3) is 0 Å². The highest BCUT2D eigenvalue weighted by Crippen LogP contribution is 2.27. The van der Waals surface area contributed by atoms with Crippen LogP contribution in [0.15, 0.2) is 0 Å². The average molecular weight is 184 g/mol. The topological polar surface area (TPSA) is 37.3 Å². The smallest absolute Gasteiger partial charge is 0.135 e. The summed E-state index contributed by atoms with van der Waals surface area (Å²) in [6.07, 6.45) is 4.56. The molecule has 2 unspecified atom stereocenters. The van der Waals surface area contributed by atoms with Crippen molar-refractivity contribution in [3.63, 3.8) is 0 Å². The van der Waals surface area contributed by atoms with Gasteiger partial charge in [0.25, 0.3) is 0 Å². The third-order valence-corrected chi connectivity index (χ3v) is 2.98. The molecule has 0 radical (unpaired) electrons. The second-order valence-electron chi connectivity index (χ2n) is 4.44. The van der Waals surface area contributed by atoms with Crippen LogP contribution < -0.4 is 0 Å². The quantitative estimate of drug-likeness (QED) is 0.729. The Labute approximate surface area is 80.3 Å². The Morgan fingerprint density at radius 3 is 2.54 bits per heavy atom. The highest BCUT2D eigenvalue weighted by atomic mass is 16.3. The molecular formula is C11H20O2. The van der Waals surface area contributed by atoms with Gasteiger partial charge in [-0.2, -0.15) is 0 Å². The van der Waals surface area contributed by atoms with Crippen LogP contribution in [0.4, 0.5) is 0 Å².